The highest BCUT2D eigenvalue weighted by Crippen LogP contribution is 2.35. The van der Waals surface area contributed by atoms with E-state index in [-0.39, 0.29) is 5.41 Å². The zero-order valence-electron chi connectivity index (χ0n) is 23.7. The zero-order chi connectivity index (χ0) is 25.6. The number of aryl methyl sites for hydroxylation is 2. The van der Waals surface area contributed by atoms with Crippen LogP contribution in [-0.2, 0) is 0 Å². The lowest BCUT2D eigenvalue weighted by atomic mass is 9.79. The molecule has 0 unspecified atom stereocenters. The molecule has 1 aliphatic heterocycles. The van der Waals surface area contributed by atoms with Crippen molar-refractivity contribution in [1.82, 2.24) is 4.90 Å². The summed E-state index contributed by atoms with van der Waals surface area (Å²) in [5.74, 6) is 0. The van der Waals surface area contributed by atoms with E-state index >= 15 is 0 Å². The molecule has 0 atom stereocenters. The average molecular weight is 450 g/mol. The van der Waals surface area contributed by atoms with Crippen LogP contribution in [0.5, 0.6) is 0 Å². The number of allylic oxidation sites excluding steroid dienone is 2. The van der Waals surface area contributed by atoms with Gasteiger partial charge in [0, 0.05) is 18.8 Å². The number of hydrogen-bond donors (Lipinski definition) is 0. The molecule has 0 amide bonds. The standard InChI is InChI=1S/C27H39N.C5H12/c1-10-24(27(8,9)11-2)17-22(6)23(7)28-15-14-21(5)26(18-28)25-16-19(3)12-13-20(25)4;1-5(2,3)4/h12-13,16-17H,6-7,10-11,14-15,18H2,1-5,8-9H3;1-4H3/b24-17+;. The number of benzene rings is 1. The quantitative estimate of drug-likeness (QED) is 0.374. The molecule has 1 aliphatic rings. The summed E-state index contributed by atoms with van der Waals surface area (Å²) in [6, 6.07) is 6.76. The smallest absolute Gasteiger partial charge is 0.0435 e. The van der Waals surface area contributed by atoms with E-state index in [1.165, 1.54) is 33.4 Å². The fraction of sp³-hybridized carbons (Fsp3) is 0.562. The average Bonchev–Trinajstić information content (AvgIpc) is 2.72. The van der Waals surface area contributed by atoms with Gasteiger partial charge in [0.2, 0.25) is 0 Å². The summed E-state index contributed by atoms with van der Waals surface area (Å²) in [5.41, 5.74) is 11.3. The first-order valence-corrected chi connectivity index (χ1v) is 12.7. The normalized spacial score (nSPS) is 15.2. The Kier molecular flexibility index (Phi) is 10.5. The molecule has 1 heteroatoms. The molecule has 0 saturated carbocycles. The van der Waals surface area contributed by atoms with E-state index < -0.39 is 0 Å². The maximum Gasteiger partial charge on any atom is 0.0435 e. The van der Waals surface area contributed by atoms with Crippen LogP contribution in [0, 0.1) is 24.7 Å². The van der Waals surface area contributed by atoms with E-state index in [0.29, 0.717) is 5.41 Å². The van der Waals surface area contributed by atoms with Crippen molar-refractivity contribution in [3.05, 3.63) is 76.5 Å². The van der Waals surface area contributed by atoms with Gasteiger partial charge in [-0.15, -0.1) is 0 Å². The minimum absolute atomic E-state index is 0.209. The fourth-order valence-electron chi connectivity index (χ4n) is 3.96. The van der Waals surface area contributed by atoms with Gasteiger partial charge in [0.1, 0.15) is 0 Å². The van der Waals surface area contributed by atoms with Gasteiger partial charge in [-0.2, -0.15) is 0 Å². The predicted molar refractivity (Wildman–Crippen MR) is 151 cm³/mol. The van der Waals surface area contributed by atoms with E-state index in [1.807, 2.05) is 0 Å². The monoisotopic (exact) mass is 449 g/mol. The van der Waals surface area contributed by atoms with Gasteiger partial charge in [0.05, 0.1) is 0 Å². The Hall–Kier alpha value is -2.02. The van der Waals surface area contributed by atoms with Crippen molar-refractivity contribution in [3.63, 3.8) is 0 Å². The molecule has 33 heavy (non-hydrogen) atoms. The summed E-state index contributed by atoms with van der Waals surface area (Å²) in [6.45, 7) is 35.3. The Labute approximate surface area is 206 Å². The Bertz CT molecular complexity index is 893. The second-order valence-corrected chi connectivity index (χ2v) is 12.0. The van der Waals surface area contributed by atoms with E-state index in [9.17, 15) is 0 Å². The SMILES string of the molecule is C=C(/C=C(\CC)C(C)(C)CC)C(=C)N1CCC(C)=C(c2cc(C)ccc2C)C1.CC(C)(C)C. The molecule has 0 spiro atoms. The molecule has 1 nitrogen and oxygen atoms in total. The number of hydrogen-bond acceptors (Lipinski definition) is 1. The molecule has 0 bridgehead atoms. The lowest BCUT2D eigenvalue weighted by molar-refractivity contribution is 0.384. The summed E-state index contributed by atoms with van der Waals surface area (Å²) >= 11 is 0. The molecule has 1 aromatic rings. The molecular weight excluding hydrogens is 398 g/mol. The maximum atomic E-state index is 4.43. The molecule has 184 valence electrons. The van der Waals surface area contributed by atoms with Crippen molar-refractivity contribution in [2.75, 3.05) is 13.1 Å². The molecule has 0 N–H and O–H groups in total. The molecule has 1 heterocycles. The van der Waals surface area contributed by atoms with Gasteiger partial charge in [-0.05, 0) is 73.1 Å². The maximum absolute atomic E-state index is 4.43. The Morgan fingerprint density at radius 3 is 2.09 bits per heavy atom. The van der Waals surface area contributed by atoms with Gasteiger partial charge in [-0.25, -0.2) is 0 Å². The summed E-state index contributed by atoms with van der Waals surface area (Å²) in [5, 5.41) is 0. The molecule has 0 aliphatic carbocycles. The van der Waals surface area contributed by atoms with Crippen LogP contribution in [0.15, 0.2) is 59.8 Å². The summed E-state index contributed by atoms with van der Waals surface area (Å²) in [4.78, 5) is 2.41. The Morgan fingerprint density at radius 1 is 1.00 bits per heavy atom. The van der Waals surface area contributed by atoms with Crippen LogP contribution >= 0.6 is 0 Å². The molecule has 1 aromatic carbocycles. The molecular formula is C32H51N. The first kappa shape index (κ1) is 29.0. The highest BCUT2D eigenvalue weighted by Gasteiger charge is 2.23. The van der Waals surface area contributed by atoms with Crippen molar-refractivity contribution in [1.29, 1.82) is 0 Å². The Morgan fingerprint density at radius 2 is 1.58 bits per heavy atom. The number of nitrogens with zero attached hydrogens (tertiary/aromatic N) is 1. The first-order chi connectivity index (χ1) is 15.1. The van der Waals surface area contributed by atoms with Crippen LogP contribution in [0.1, 0.15) is 98.3 Å². The molecule has 0 saturated heterocycles. The molecule has 0 radical (unpaired) electrons. The van der Waals surface area contributed by atoms with Crippen molar-refractivity contribution in [2.24, 2.45) is 10.8 Å². The van der Waals surface area contributed by atoms with E-state index in [1.54, 1.807) is 0 Å². The van der Waals surface area contributed by atoms with Crippen molar-refractivity contribution in [3.8, 4) is 0 Å². The highest BCUT2D eigenvalue weighted by atomic mass is 15.1. The summed E-state index contributed by atoms with van der Waals surface area (Å²) < 4.78 is 0. The first-order valence-electron chi connectivity index (χ1n) is 12.7. The van der Waals surface area contributed by atoms with E-state index in [2.05, 4.69) is 118 Å². The van der Waals surface area contributed by atoms with Crippen LogP contribution in [-0.4, -0.2) is 18.0 Å². The third-order valence-electron chi connectivity index (χ3n) is 6.57. The van der Waals surface area contributed by atoms with E-state index in [0.717, 1.165) is 43.6 Å². The third kappa shape index (κ3) is 9.03. The molecule has 2 rings (SSSR count). The van der Waals surface area contributed by atoms with Gasteiger partial charge in [-0.1, -0.05) is 110 Å². The lowest BCUT2D eigenvalue weighted by Gasteiger charge is -2.35. The van der Waals surface area contributed by atoms with Gasteiger partial charge in [0.25, 0.3) is 0 Å². The van der Waals surface area contributed by atoms with Crippen LogP contribution in [0.4, 0.5) is 0 Å². The fourth-order valence-corrected chi connectivity index (χ4v) is 3.96. The van der Waals surface area contributed by atoms with Gasteiger partial charge in [0.15, 0.2) is 0 Å². The van der Waals surface area contributed by atoms with Crippen LogP contribution < -0.4 is 0 Å². The lowest BCUT2D eigenvalue weighted by Crippen LogP contribution is -2.30. The third-order valence-corrected chi connectivity index (χ3v) is 6.57. The second-order valence-electron chi connectivity index (χ2n) is 12.0. The highest BCUT2D eigenvalue weighted by molar-refractivity contribution is 5.73. The second kappa shape index (κ2) is 11.9. The minimum atomic E-state index is 0.209. The topological polar surface area (TPSA) is 3.24 Å². The molecule has 0 aromatic heterocycles. The predicted octanol–water partition coefficient (Wildman–Crippen LogP) is 9.68. The largest absolute Gasteiger partial charge is 0.367 e. The van der Waals surface area contributed by atoms with Crippen molar-refractivity contribution < 1.29 is 0 Å². The van der Waals surface area contributed by atoms with Gasteiger partial charge < -0.3 is 4.90 Å². The van der Waals surface area contributed by atoms with Gasteiger partial charge in [-0.3, -0.25) is 0 Å². The minimum Gasteiger partial charge on any atom is -0.367 e. The number of rotatable bonds is 7. The van der Waals surface area contributed by atoms with Gasteiger partial charge >= 0.3 is 0 Å². The van der Waals surface area contributed by atoms with Crippen LogP contribution in [0.3, 0.4) is 0 Å². The molecule has 0 fully saturated rings. The van der Waals surface area contributed by atoms with Crippen LogP contribution in [0.2, 0.25) is 0 Å². The van der Waals surface area contributed by atoms with Crippen molar-refractivity contribution >= 4 is 5.57 Å². The van der Waals surface area contributed by atoms with Crippen LogP contribution in [0.25, 0.3) is 5.57 Å². The Balaban J connectivity index is 0.000000981. The van der Waals surface area contributed by atoms with Crippen molar-refractivity contribution in [2.45, 2.75) is 95.4 Å². The zero-order valence-corrected chi connectivity index (χ0v) is 23.7. The summed E-state index contributed by atoms with van der Waals surface area (Å²) in [6.07, 6.45) is 5.56. The van der Waals surface area contributed by atoms with E-state index in [4.69, 9.17) is 0 Å². The summed E-state index contributed by atoms with van der Waals surface area (Å²) in [7, 11) is 0.